The van der Waals surface area contributed by atoms with E-state index in [4.69, 9.17) is 5.11 Å². The molecule has 0 aromatic carbocycles. The van der Waals surface area contributed by atoms with Crippen molar-refractivity contribution in [3.63, 3.8) is 0 Å². The van der Waals surface area contributed by atoms with Gasteiger partial charge in [-0.3, -0.25) is 4.79 Å². The van der Waals surface area contributed by atoms with Crippen LogP contribution in [0.3, 0.4) is 0 Å². The zero-order valence-electron chi connectivity index (χ0n) is 11.3. The zero-order valence-corrected chi connectivity index (χ0v) is 11.3. The highest BCUT2D eigenvalue weighted by atomic mass is 16.4. The molecular weight excluding hydrogens is 250 g/mol. The number of likely N-dealkylation sites (N-methyl/N-ethyl adjacent to an activating group) is 1. The maximum Gasteiger partial charge on any atom is 0.326 e. The number of carbonyl (C=O) groups is 3. The van der Waals surface area contributed by atoms with Crippen LogP contribution in [-0.2, 0) is 9.59 Å². The van der Waals surface area contributed by atoms with Crippen molar-refractivity contribution in [2.24, 2.45) is 0 Å². The van der Waals surface area contributed by atoms with Crippen LogP contribution in [0.5, 0.6) is 0 Å². The second-order valence-corrected chi connectivity index (χ2v) is 4.75. The molecule has 7 nitrogen and oxygen atoms in total. The second kappa shape index (κ2) is 6.96. The van der Waals surface area contributed by atoms with Crippen molar-refractivity contribution in [1.29, 1.82) is 0 Å². The lowest BCUT2D eigenvalue weighted by Crippen LogP contribution is -2.50. The summed E-state index contributed by atoms with van der Waals surface area (Å²) in [4.78, 5) is 35.8. The van der Waals surface area contributed by atoms with E-state index in [9.17, 15) is 14.4 Å². The van der Waals surface area contributed by atoms with E-state index < -0.39 is 24.1 Å². The van der Waals surface area contributed by atoms with Crippen LogP contribution < -0.4 is 10.6 Å². The third-order valence-corrected chi connectivity index (χ3v) is 3.18. The van der Waals surface area contributed by atoms with E-state index in [2.05, 4.69) is 10.6 Å². The van der Waals surface area contributed by atoms with Gasteiger partial charge >= 0.3 is 12.0 Å². The number of rotatable bonds is 6. The van der Waals surface area contributed by atoms with E-state index in [1.807, 2.05) is 6.92 Å². The molecule has 0 radical (unpaired) electrons. The van der Waals surface area contributed by atoms with Gasteiger partial charge in [0.25, 0.3) is 0 Å². The van der Waals surface area contributed by atoms with Gasteiger partial charge in [0.15, 0.2) is 0 Å². The molecule has 0 aliphatic carbocycles. The fraction of sp³-hybridized carbons (Fsp3) is 0.750. The average molecular weight is 271 g/mol. The quantitative estimate of drug-likeness (QED) is 0.641. The number of hydrogen-bond donors (Lipinski definition) is 3. The SMILES string of the molecule is CCCCC(NC(=O)NC1CCN(C)C1=O)C(=O)O. The van der Waals surface area contributed by atoms with Crippen molar-refractivity contribution >= 4 is 17.9 Å². The van der Waals surface area contributed by atoms with Crippen molar-refractivity contribution in [2.45, 2.75) is 44.7 Å². The highest BCUT2D eigenvalue weighted by Crippen LogP contribution is 2.08. The zero-order chi connectivity index (χ0) is 14.4. The van der Waals surface area contributed by atoms with Crippen molar-refractivity contribution in [2.75, 3.05) is 13.6 Å². The van der Waals surface area contributed by atoms with Gasteiger partial charge in [-0.05, 0) is 12.8 Å². The standard InChI is InChI=1S/C12H21N3O4/c1-3-4-5-9(11(17)18)14-12(19)13-8-6-7-15(2)10(8)16/h8-9H,3-7H2,1-2H3,(H,17,18)(H2,13,14,19). The van der Waals surface area contributed by atoms with E-state index >= 15 is 0 Å². The third kappa shape index (κ3) is 4.42. The molecule has 3 amide bonds. The smallest absolute Gasteiger partial charge is 0.326 e. The van der Waals surface area contributed by atoms with Crippen molar-refractivity contribution in [3.05, 3.63) is 0 Å². The van der Waals surface area contributed by atoms with Crippen molar-refractivity contribution in [3.8, 4) is 0 Å². The molecule has 1 heterocycles. The summed E-state index contributed by atoms with van der Waals surface area (Å²) in [5.41, 5.74) is 0. The summed E-state index contributed by atoms with van der Waals surface area (Å²) >= 11 is 0. The molecule has 7 heteroatoms. The number of unbranched alkanes of at least 4 members (excludes halogenated alkanes) is 1. The number of urea groups is 1. The molecule has 3 N–H and O–H groups in total. The number of nitrogens with zero attached hydrogens (tertiary/aromatic N) is 1. The third-order valence-electron chi connectivity index (χ3n) is 3.18. The minimum atomic E-state index is -1.06. The summed E-state index contributed by atoms with van der Waals surface area (Å²) in [5.74, 6) is -1.20. The monoisotopic (exact) mass is 271 g/mol. The lowest BCUT2D eigenvalue weighted by molar-refractivity contribution is -0.139. The predicted octanol–water partition coefficient (Wildman–Crippen LogP) is 0.160. The Morgan fingerprint density at radius 2 is 2.21 bits per heavy atom. The van der Waals surface area contributed by atoms with Gasteiger partial charge in [0.05, 0.1) is 0 Å². The Morgan fingerprint density at radius 3 is 2.68 bits per heavy atom. The van der Waals surface area contributed by atoms with E-state index in [0.717, 1.165) is 12.8 Å². The number of aliphatic carboxylic acids is 1. The van der Waals surface area contributed by atoms with E-state index in [1.165, 1.54) is 4.90 Å². The molecule has 0 aromatic heterocycles. The number of carboxylic acid groups (broad SMARTS) is 1. The first-order valence-corrected chi connectivity index (χ1v) is 6.50. The summed E-state index contributed by atoms with van der Waals surface area (Å²) in [6.07, 6.45) is 2.52. The Bertz CT molecular complexity index is 359. The number of hydrogen-bond acceptors (Lipinski definition) is 3. The van der Waals surface area contributed by atoms with E-state index in [-0.39, 0.29) is 5.91 Å². The highest BCUT2D eigenvalue weighted by molar-refractivity contribution is 5.89. The van der Waals surface area contributed by atoms with Gasteiger partial charge in [-0.2, -0.15) is 0 Å². The van der Waals surface area contributed by atoms with Gasteiger partial charge in [0.1, 0.15) is 12.1 Å². The average Bonchev–Trinajstić information content (AvgIpc) is 2.66. The highest BCUT2D eigenvalue weighted by Gasteiger charge is 2.31. The van der Waals surface area contributed by atoms with Crippen LogP contribution >= 0.6 is 0 Å². The van der Waals surface area contributed by atoms with Gasteiger partial charge in [-0.25, -0.2) is 9.59 Å². The molecule has 19 heavy (non-hydrogen) atoms. The number of nitrogens with one attached hydrogen (secondary N) is 2. The summed E-state index contributed by atoms with van der Waals surface area (Å²) in [5, 5.41) is 13.9. The molecule has 1 saturated heterocycles. The van der Waals surface area contributed by atoms with Crippen LogP contribution in [0.2, 0.25) is 0 Å². The normalized spacial score (nSPS) is 20.2. The van der Waals surface area contributed by atoms with Crippen molar-refractivity contribution < 1.29 is 19.5 Å². The first-order chi connectivity index (χ1) is 8.95. The molecule has 1 aliphatic rings. The van der Waals surface area contributed by atoms with Crippen molar-refractivity contribution in [1.82, 2.24) is 15.5 Å². The van der Waals surface area contributed by atoms with E-state index in [1.54, 1.807) is 7.05 Å². The topological polar surface area (TPSA) is 98.7 Å². The predicted molar refractivity (Wildman–Crippen MR) is 68.7 cm³/mol. The Balaban J connectivity index is 2.44. The molecule has 108 valence electrons. The summed E-state index contributed by atoms with van der Waals surface area (Å²) in [6.45, 7) is 2.55. The molecule has 0 saturated carbocycles. The lowest BCUT2D eigenvalue weighted by atomic mass is 10.1. The van der Waals surface area contributed by atoms with Gasteiger partial charge < -0.3 is 20.6 Å². The molecule has 1 rings (SSSR count). The summed E-state index contributed by atoms with van der Waals surface area (Å²) < 4.78 is 0. The largest absolute Gasteiger partial charge is 0.480 e. The van der Waals surface area contributed by atoms with E-state index in [0.29, 0.717) is 19.4 Å². The molecule has 2 atom stereocenters. The molecule has 2 unspecified atom stereocenters. The maximum absolute atomic E-state index is 11.7. The van der Waals surface area contributed by atoms with Crippen LogP contribution in [0.15, 0.2) is 0 Å². The molecule has 0 aromatic rings. The minimum Gasteiger partial charge on any atom is -0.480 e. The summed E-state index contributed by atoms with van der Waals surface area (Å²) in [6, 6.07) is -2.06. The number of likely N-dealkylation sites (tertiary alicyclic amines) is 1. The van der Waals surface area contributed by atoms with Gasteiger partial charge in [0.2, 0.25) is 5.91 Å². The Morgan fingerprint density at radius 1 is 1.53 bits per heavy atom. The van der Waals surface area contributed by atoms with Crippen LogP contribution in [0.4, 0.5) is 4.79 Å². The molecule has 1 aliphatic heterocycles. The van der Waals surface area contributed by atoms with Crippen LogP contribution in [0.1, 0.15) is 32.6 Å². The fourth-order valence-electron chi connectivity index (χ4n) is 1.98. The molecule has 0 bridgehead atoms. The Kier molecular flexibility index (Phi) is 5.59. The number of carboxylic acids is 1. The molecular formula is C12H21N3O4. The van der Waals surface area contributed by atoms with Gasteiger partial charge in [-0.15, -0.1) is 0 Å². The number of carbonyl (C=O) groups excluding carboxylic acids is 2. The van der Waals surface area contributed by atoms with Crippen LogP contribution in [0.25, 0.3) is 0 Å². The van der Waals surface area contributed by atoms with Crippen LogP contribution in [-0.4, -0.2) is 53.6 Å². The maximum atomic E-state index is 11.7. The molecule has 1 fully saturated rings. The van der Waals surface area contributed by atoms with Gasteiger partial charge in [0, 0.05) is 13.6 Å². The Hall–Kier alpha value is -1.79. The van der Waals surface area contributed by atoms with Crippen LogP contribution in [0, 0.1) is 0 Å². The first kappa shape index (κ1) is 15.3. The lowest BCUT2D eigenvalue weighted by Gasteiger charge is -2.17. The Labute approximate surface area is 112 Å². The first-order valence-electron chi connectivity index (χ1n) is 6.50. The minimum absolute atomic E-state index is 0.143. The number of amides is 3. The molecule has 0 spiro atoms. The van der Waals surface area contributed by atoms with Gasteiger partial charge in [-0.1, -0.05) is 19.8 Å². The fourth-order valence-corrected chi connectivity index (χ4v) is 1.98. The summed E-state index contributed by atoms with van der Waals surface area (Å²) in [7, 11) is 1.67. The second-order valence-electron chi connectivity index (χ2n) is 4.75.